The Labute approximate surface area is 113 Å². The van der Waals surface area contributed by atoms with Crippen LogP contribution in [0.3, 0.4) is 0 Å². The van der Waals surface area contributed by atoms with Crippen LogP contribution in [0.1, 0.15) is 30.8 Å². The molecule has 8 nitrogen and oxygen atoms in total. The Hall–Kier alpha value is -1.52. The predicted octanol–water partition coefficient (Wildman–Crippen LogP) is -0.226. The Morgan fingerprint density at radius 1 is 1.53 bits per heavy atom. The minimum Gasteiger partial charge on any atom is -0.476 e. The number of nitrogens with zero attached hydrogens (tertiary/aromatic N) is 1. The number of thiazole rings is 1. The van der Waals surface area contributed by atoms with E-state index in [4.69, 9.17) is 10.8 Å². The molecule has 1 heterocycles. The first-order chi connectivity index (χ1) is 8.55. The normalized spacial score (nSPS) is 12.3. The molecular weight excluding hydrogens is 294 g/mol. The zero-order chi connectivity index (χ0) is 14.8. The largest absolute Gasteiger partial charge is 0.476 e. The fraction of sp³-hybridized carbons (Fsp3) is 0.444. The molecule has 0 aliphatic rings. The molecular formula is C9H13N3O5S2. The monoisotopic (exact) mass is 307 g/mol. The van der Waals surface area contributed by atoms with Crippen molar-refractivity contribution in [1.29, 1.82) is 0 Å². The maximum Gasteiger partial charge on any atom is 0.356 e. The van der Waals surface area contributed by atoms with Crippen molar-refractivity contribution in [2.24, 2.45) is 5.73 Å². The number of amides is 1. The SMILES string of the molecule is CC(C)(CC(N)=O)NS(=O)(=O)c1scnc1C(=O)O. The van der Waals surface area contributed by atoms with E-state index in [0.717, 1.165) is 5.51 Å². The van der Waals surface area contributed by atoms with Gasteiger partial charge in [0.25, 0.3) is 10.0 Å². The van der Waals surface area contributed by atoms with Gasteiger partial charge in [-0.25, -0.2) is 22.9 Å². The summed E-state index contributed by atoms with van der Waals surface area (Å²) < 4.78 is 26.0. The van der Waals surface area contributed by atoms with E-state index in [9.17, 15) is 18.0 Å². The van der Waals surface area contributed by atoms with Gasteiger partial charge in [-0.15, -0.1) is 11.3 Å². The van der Waals surface area contributed by atoms with E-state index in [1.54, 1.807) is 0 Å². The first-order valence-corrected chi connectivity index (χ1v) is 7.40. The predicted molar refractivity (Wildman–Crippen MR) is 67.3 cm³/mol. The van der Waals surface area contributed by atoms with Crippen molar-refractivity contribution in [1.82, 2.24) is 9.71 Å². The highest BCUT2D eigenvalue weighted by atomic mass is 32.2. The molecule has 0 spiro atoms. The molecule has 19 heavy (non-hydrogen) atoms. The Bertz CT molecular complexity index is 605. The quantitative estimate of drug-likeness (QED) is 0.663. The van der Waals surface area contributed by atoms with Crippen LogP contribution in [-0.2, 0) is 14.8 Å². The van der Waals surface area contributed by atoms with Crippen molar-refractivity contribution in [3.8, 4) is 0 Å². The number of nitrogens with one attached hydrogen (secondary N) is 1. The number of primary amides is 1. The van der Waals surface area contributed by atoms with Crippen LogP contribution in [0.5, 0.6) is 0 Å². The molecule has 0 saturated heterocycles. The van der Waals surface area contributed by atoms with E-state index >= 15 is 0 Å². The molecule has 0 aliphatic carbocycles. The van der Waals surface area contributed by atoms with Crippen molar-refractivity contribution < 1.29 is 23.1 Å². The molecule has 0 fully saturated rings. The minimum absolute atomic E-state index is 0.215. The van der Waals surface area contributed by atoms with E-state index in [0.29, 0.717) is 11.3 Å². The van der Waals surface area contributed by atoms with E-state index < -0.39 is 37.3 Å². The summed E-state index contributed by atoms with van der Waals surface area (Å²) in [6, 6.07) is 0. The van der Waals surface area contributed by atoms with Gasteiger partial charge < -0.3 is 10.8 Å². The zero-order valence-electron chi connectivity index (χ0n) is 10.2. The van der Waals surface area contributed by atoms with Gasteiger partial charge in [0.1, 0.15) is 0 Å². The van der Waals surface area contributed by atoms with Gasteiger partial charge in [-0.05, 0) is 13.8 Å². The van der Waals surface area contributed by atoms with E-state index in [1.807, 2.05) is 0 Å². The van der Waals surface area contributed by atoms with Gasteiger partial charge in [-0.3, -0.25) is 4.79 Å². The second kappa shape index (κ2) is 5.23. The highest BCUT2D eigenvalue weighted by Gasteiger charge is 2.32. The summed E-state index contributed by atoms with van der Waals surface area (Å²) in [6.07, 6.45) is -0.215. The van der Waals surface area contributed by atoms with E-state index in [2.05, 4.69) is 9.71 Å². The highest BCUT2D eigenvalue weighted by molar-refractivity contribution is 7.91. The molecule has 1 aromatic heterocycles. The summed E-state index contributed by atoms with van der Waals surface area (Å²) >= 11 is 0.686. The van der Waals surface area contributed by atoms with Gasteiger partial charge in [-0.1, -0.05) is 0 Å². The second-order valence-corrected chi connectivity index (χ2v) is 7.16. The summed E-state index contributed by atoms with van der Waals surface area (Å²) in [5.41, 5.74) is 4.47. The molecule has 0 aliphatic heterocycles. The standard InChI is InChI=1S/C9H13N3O5S2/c1-9(2,3-5(10)13)12-19(16,17)8-6(7(14)15)11-4-18-8/h4,12H,3H2,1-2H3,(H2,10,13)(H,14,15). The summed E-state index contributed by atoms with van der Waals surface area (Å²) in [6.45, 7) is 2.94. The number of rotatable bonds is 6. The molecule has 0 atom stereocenters. The molecule has 106 valence electrons. The number of aromatic nitrogens is 1. The lowest BCUT2D eigenvalue weighted by molar-refractivity contribution is -0.119. The topological polar surface area (TPSA) is 139 Å². The number of sulfonamides is 1. The van der Waals surface area contributed by atoms with Crippen molar-refractivity contribution >= 4 is 33.2 Å². The van der Waals surface area contributed by atoms with Crippen LogP contribution < -0.4 is 10.5 Å². The van der Waals surface area contributed by atoms with Gasteiger partial charge >= 0.3 is 5.97 Å². The Kier molecular flexibility index (Phi) is 4.28. The summed E-state index contributed by atoms with van der Waals surface area (Å²) in [5.74, 6) is -2.11. The molecule has 10 heteroatoms. The van der Waals surface area contributed by atoms with Crippen molar-refractivity contribution in [3.05, 3.63) is 11.2 Å². The lowest BCUT2D eigenvalue weighted by Gasteiger charge is -2.23. The molecule has 0 aromatic carbocycles. The summed E-state index contributed by atoms with van der Waals surface area (Å²) in [4.78, 5) is 25.2. The maximum atomic E-state index is 12.1. The summed E-state index contributed by atoms with van der Waals surface area (Å²) in [7, 11) is -4.08. The summed E-state index contributed by atoms with van der Waals surface area (Å²) in [5, 5.41) is 8.84. The smallest absolute Gasteiger partial charge is 0.356 e. The number of carboxylic acids is 1. The number of aromatic carboxylic acids is 1. The number of carboxylic acid groups (broad SMARTS) is 1. The van der Waals surface area contributed by atoms with Gasteiger partial charge in [0.05, 0.1) is 5.51 Å². The molecule has 4 N–H and O–H groups in total. The lowest BCUT2D eigenvalue weighted by atomic mass is 10.0. The van der Waals surface area contributed by atoms with Crippen molar-refractivity contribution in [2.45, 2.75) is 30.0 Å². The average Bonchev–Trinajstić information content (AvgIpc) is 2.60. The number of nitrogens with two attached hydrogens (primary N) is 1. The first kappa shape index (κ1) is 15.5. The zero-order valence-corrected chi connectivity index (χ0v) is 11.8. The van der Waals surface area contributed by atoms with Gasteiger partial charge in [-0.2, -0.15) is 0 Å². The van der Waals surface area contributed by atoms with Gasteiger partial charge in [0, 0.05) is 12.0 Å². The van der Waals surface area contributed by atoms with E-state index in [-0.39, 0.29) is 6.42 Å². The third kappa shape index (κ3) is 3.98. The first-order valence-electron chi connectivity index (χ1n) is 5.04. The fourth-order valence-corrected chi connectivity index (χ4v) is 4.00. The molecule has 1 rings (SSSR count). The van der Waals surface area contributed by atoms with E-state index in [1.165, 1.54) is 13.8 Å². The molecule has 0 radical (unpaired) electrons. The highest BCUT2D eigenvalue weighted by Crippen LogP contribution is 2.22. The second-order valence-electron chi connectivity index (χ2n) is 4.43. The number of carbonyl (C=O) groups excluding carboxylic acids is 1. The van der Waals surface area contributed by atoms with Crippen LogP contribution in [0.15, 0.2) is 9.72 Å². The number of carbonyl (C=O) groups is 2. The van der Waals surface area contributed by atoms with Gasteiger partial charge in [0.15, 0.2) is 9.90 Å². The molecule has 1 amide bonds. The van der Waals surface area contributed by atoms with Crippen molar-refractivity contribution in [3.63, 3.8) is 0 Å². The Morgan fingerprint density at radius 3 is 2.58 bits per heavy atom. The third-order valence-corrected chi connectivity index (χ3v) is 5.08. The molecule has 0 unspecified atom stereocenters. The molecule has 0 bridgehead atoms. The van der Waals surface area contributed by atoms with Crippen LogP contribution in [0.2, 0.25) is 0 Å². The fourth-order valence-electron chi connectivity index (χ4n) is 1.45. The molecule has 1 aromatic rings. The van der Waals surface area contributed by atoms with Crippen LogP contribution in [-0.4, -0.2) is 35.9 Å². The van der Waals surface area contributed by atoms with Crippen molar-refractivity contribution in [2.75, 3.05) is 0 Å². The number of hydrogen-bond donors (Lipinski definition) is 3. The Balaban J connectivity index is 3.08. The minimum atomic E-state index is -4.08. The van der Waals surface area contributed by atoms with Crippen LogP contribution in [0.4, 0.5) is 0 Å². The third-order valence-electron chi connectivity index (χ3n) is 2.01. The average molecular weight is 307 g/mol. The van der Waals surface area contributed by atoms with Gasteiger partial charge in [0.2, 0.25) is 5.91 Å². The van der Waals surface area contributed by atoms with Crippen LogP contribution in [0, 0.1) is 0 Å². The van der Waals surface area contributed by atoms with Crippen LogP contribution >= 0.6 is 11.3 Å². The molecule has 0 saturated carbocycles. The number of hydrogen-bond acceptors (Lipinski definition) is 6. The Morgan fingerprint density at radius 2 is 2.11 bits per heavy atom. The maximum absolute atomic E-state index is 12.1. The van der Waals surface area contributed by atoms with Crippen LogP contribution in [0.25, 0.3) is 0 Å². The lowest BCUT2D eigenvalue weighted by Crippen LogP contribution is -2.46.